The minimum Gasteiger partial charge on any atom is -0.343 e. The highest BCUT2D eigenvalue weighted by atomic mass is 16.2. The van der Waals surface area contributed by atoms with Crippen LogP contribution in [0.5, 0.6) is 0 Å². The highest BCUT2D eigenvalue weighted by molar-refractivity contribution is 5.98. The molecule has 0 radical (unpaired) electrons. The molecule has 5 rings (SSSR count). The number of carbonyl (C=O) groups excluding carboxylic acids is 1. The van der Waals surface area contributed by atoms with Gasteiger partial charge in [0.25, 0.3) is 5.91 Å². The SMILES string of the molecule is CCN1CCC(n2ccc3cc(C(=O)N4CCN(C5CCC5)CC4)ccc32)C1. The van der Waals surface area contributed by atoms with Gasteiger partial charge < -0.3 is 14.4 Å². The highest BCUT2D eigenvalue weighted by Gasteiger charge is 2.30. The van der Waals surface area contributed by atoms with Crippen molar-refractivity contribution in [1.82, 2.24) is 19.3 Å². The van der Waals surface area contributed by atoms with Crippen LogP contribution < -0.4 is 0 Å². The summed E-state index contributed by atoms with van der Waals surface area (Å²) in [6.07, 6.45) is 7.49. The number of rotatable bonds is 4. The zero-order chi connectivity index (χ0) is 19.1. The fourth-order valence-corrected chi connectivity index (χ4v) is 5.17. The summed E-state index contributed by atoms with van der Waals surface area (Å²) in [5.74, 6) is 0.195. The van der Waals surface area contributed by atoms with E-state index in [0.29, 0.717) is 6.04 Å². The van der Waals surface area contributed by atoms with Crippen LogP contribution in [-0.4, -0.2) is 77.0 Å². The van der Waals surface area contributed by atoms with Crippen molar-refractivity contribution in [3.63, 3.8) is 0 Å². The first-order valence-electron chi connectivity index (χ1n) is 11.1. The van der Waals surface area contributed by atoms with Gasteiger partial charge in [-0.25, -0.2) is 0 Å². The van der Waals surface area contributed by atoms with Gasteiger partial charge in [-0.15, -0.1) is 0 Å². The number of piperazine rings is 1. The maximum absolute atomic E-state index is 13.0. The third-order valence-corrected chi connectivity index (χ3v) is 7.25. The van der Waals surface area contributed by atoms with E-state index in [1.54, 1.807) is 0 Å². The highest BCUT2D eigenvalue weighted by Crippen LogP contribution is 2.29. The van der Waals surface area contributed by atoms with Crippen LogP contribution in [0.1, 0.15) is 49.0 Å². The molecule has 3 fully saturated rings. The standard InChI is InChI=1S/C23H32N4O/c1-2-24-10-9-21(17-24)27-11-8-18-16-19(6-7-22(18)27)23(28)26-14-12-25(13-15-26)20-4-3-5-20/h6-8,11,16,20-21H,2-5,9-10,12-15,17H2,1H3. The lowest BCUT2D eigenvalue weighted by Crippen LogP contribution is -2.53. The lowest BCUT2D eigenvalue weighted by atomic mass is 9.91. The molecule has 3 aliphatic rings. The Balaban J connectivity index is 1.28. The molecule has 2 aliphatic heterocycles. The number of nitrogens with zero attached hydrogens (tertiary/aromatic N) is 4. The Hall–Kier alpha value is -1.85. The average molecular weight is 381 g/mol. The van der Waals surface area contributed by atoms with Gasteiger partial charge in [0, 0.05) is 74.0 Å². The number of fused-ring (bicyclic) bond motifs is 1. The molecule has 150 valence electrons. The van der Waals surface area contributed by atoms with Crippen molar-refractivity contribution in [1.29, 1.82) is 0 Å². The molecule has 3 heterocycles. The predicted molar refractivity (Wildman–Crippen MR) is 113 cm³/mol. The van der Waals surface area contributed by atoms with Crippen LogP contribution in [0.2, 0.25) is 0 Å². The molecule has 0 bridgehead atoms. The van der Waals surface area contributed by atoms with E-state index in [2.05, 4.69) is 45.7 Å². The van der Waals surface area contributed by atoms with Crippen molar-refractivity contribution in [3.8, 4) is 0 Å². The summed E-state index contributed by atoms with van der Waals surface area (Å²) in [7, 11) is 0. The second-order valence-electron chi connectivity index (χ2n) is 8.75. The summed E-state index contributed by atoms with van der Waals surface area (Å²) in [4.78, 5) is 20.2. The third kappa shape index (κ3) is 3.25. The summed E-state index contributed by atoms with van der Waals surface area (Å²) in [6, 6.07) is 9.80. The minimum absolute atomic E-state index is 0.195. The van der Waals surface area contributed by atoms with Crippen LogP contribution in [0, 0.1) is 0 Å². The maximum Gasteiger partial charge on any atom is 0.253 e. The van der Waals surface area contributed by atoms with Gasteiger partial charge >= 0.3 is 0 Å². The lowest BCUT2D eigenvalue weighted by molar-refractivity contribution is 0.0455. The van der Waals surface area contributed by atoms with Crippen LogP contribution in [0.15, 0.2) is 30.5 Å². The first kappa shape index (κ1) is 18.2. The van der Waals surface area contributed by atoms with Gasteiger partial charge in [-0.2, -0.15) is 0 Å². The van der Waals surface area contributed by atoms with Crippen LogP contribution in [0.3, 0.4) is 0 Å². The quantitative estimate of drug-likeness (QED) is 0.816. The van der Waals surface area contributed by atoms with Gasteiger partial charge in [-0.05, 0) is 50.1 Å². The predicted octanol–water partition coefficient (Wildman–Crippen LogP) is 3.22. The minimum atomic E-state index is 0.195. The second kappa shape index (κ2) is 7.53. The monoisotopic (exact) mass is 380 g/mol. The summed E-state index contributed by atoms with van der Waals surface area (Å²) in [6.45, 7) is 9.47. The summed E-state index contributed by atoms with van der Waals surface area (Å²) >= 11 is 0. The molecule has 2 saturated heterocycles. The Labute approximate surface area is 167 Å². The molecule has 1 amide bonds. The van der Waals surface area contributed by atoms with Gasteiger partial charge in [0.2, 0.25) is 0 Å². The summed E-state index contributed by atoms with van der Waals surface area (Å²) in [5, 5.41) is 1.19. The largest absolute Gasteiger partial charge is 0.343 e. The van der Waals surface area contributed by atoms with Crippen molar-refractivity contribution in [2.45, 2.75) is 44.7 Å². The summed E-state index contributed by atoms with van der Waals surface area (Å²) in [5.41, 5.74) is 2.10. The van der Waals surface area contributed by atoms with Gasteiger partial charge in [0.05, 0.1) is 0 Å². The molecule has 1 aliphatic carbocycles. The molecular formula is C23H32N4O. The lowest BCUT2D eigenvalue weighted by Gasteiger charge is -2.42. The molecule has 1 aromatic heterocycles. The van der Waals surface area contributed by atoms with Crippen LogP contribution >= 0.6 is 0 Å². The zero-order valence-electron chi connectivity index (χ0n) is 17.0. The van der Waals surface area contributed by atoms with Gasteiger partial charge in [0.1, 0.15) is 0 Å². The van der Waals surface area contributed by atoms with Gasteiger partial charge in [0.15, 0.2) is 0 Å². The topological polar surface area (TPSA) is 31.7 Å². The first-order valence-corrected chi connectivity index (χ1v) is 11.1. The van der Waals surface area contributed by atoms with E-state index in [1.807, 2.05) is 11.0 Å². The van der Waals surface area contributed by atoms with Gasteiger partial charge in [-0.3, -0.25) is 9.69 Å². The Kier molecular flexibility index (Phi) is 4.89. The number of likely N-dealkylation sites (tertiary alicyclic amines) is 1. The molecular weight excluding hydrogens is 348 g/mol. The van der Waals surface area contributed by atoms with E-state index < -0.39 is 0 Å². The average Bonchev–Trinajstić information content (AvgIpc) is 3.32. The van der Waals surface area contributed by atoms with E-state index in [-0.39, 0.29) is 5.91 Å². The van der Waals surface area contributed by atoms with Crippen LogP contribution in [0.4, 0.5) is 0 Å². The molecule has 2 aromatic rings. The van der Waals surface area contributed by atoms with Crippen molar-refractivity contribution in [3.05, 3.63) is 36.0 Å². The third-order valence-electron chi connectivity index (χ3n) is 7.25. The molecule has 5 nitrogen and oxygen atoms in total. The molecule has 28 heavy (non-hydrogen) atoms. The van der Waals surface area contributed by atoms with Crippen molar-refractivity contribution >= 4 is 16.8 Å². The molecule has 1 aromatic carbocycles. The number of amides is 1. The van der Waals surface area contributed by atoms with Gasteiger partial charge in [-0.1, -0.05) is 13.3 Å². The number of likely N-dealkylation sites (N-methyl/N-ethyl adjacent to an activating group) is 1. The molecule has 1 atom stereocenters. The van der Waals surface area contributed by atoms with E-state index in [9.17, 15) is 4.79 Å². The Bertz CT molecular complexity index is 847. The van der Waals surface area contributed by atoms with Crippen LogP contribution in [-0.2, 0) is 0 Å². The van der Waals surface area contributed by atoms with Crippen molar-refractivity contribution in [2.24, 2.45) is 0 Å². The molecule has 1 saturated carbocycles. The van der Waals surface area contributed by atoms with E-state index in [0.717, 1.165) is 50.9 Å². The molecule has 0 spiro atoms. The number of carbonyl (C=O) groups is 1. The fourth-order valence-electron chi connectivity index (χ4n) is 5.17. The van der Waals surface area contributed by atoms with Crippen LogP contribution in [0.25, 0.3) is 10.9 Å². The first-order chi connectivity index (χ1) is 13.7. The second-order valence-corrected chi connectivity index (χ2v) is 8.75. The van der Waals surface area contributed by atoms with E-state index in [1.165, 1.54) is 43.1 Å². The van der Waals surface area contributed by atoms with Crippen molar-refractivity contribution in [2.75, 3.05) is 45.8 Å². The molecule has 0 N–H and O–H groups in total. The molecule has 5 heteroatoms. The smallest absolute Gasteiger partial charge is 0.253 e. The zero-order valence-corrected chi connectivity index (χ0v) is 17.0. The fraction of sp³-hybridized carbons (Fsp3) is 0.609. The number of hydrogen-bond acceptors (Lipinski definition) is 3. The Morgan fingerprint density at radius 1 is 1.00 bits per heavy atom. The van der Waals surface area contributed by atoms with E-state index in [4.69, 9.17) is 0 Å². The number of benzene rings is 1. The molecule has 1 unspecified atom stereocenters. The van der Waals surface area contributed by atoms with Crippen molar-refractivity contribution < 1.29 is 4.79 Å². The Morgan fingerprint density at radius 2 is 1.82 bits per heavy atom. The number of hydrogen-bond donors (Lipinski definition) is 0. The maximum atomic E-state index is 13.0. The number of aromatic nitrogens is 1. The Morgan fingerprint density at radius 3 is 2.50 bits per heavy atom. The van der Waals surface area contributed by atoms with E-state index >= 15 is 0 Å². The normalized spacial score (nSPS) is 24.8. The summed E-state index contributed by atoms with van der Waals surface area (Å²) < 4.78 is 2.41.